The molecule has 1 unspecified atom stereocenters. The third-order valence-electron chi connectivity index (χ3n) is 1.61. The number of nitrogens with zero attached hydrogens (tertiary/aromatic N) is 2. The summed E-state index contributed by atoms with van der Waals surface area (Å²) in [5.74, 6) is 1.25. The molecule has 1 atom stereocenters. The van der Waals surface area contributed by atoms with Crippen LogP contribution < -0.4 is 5.09 Å². The van der Waals surface area contributed by atoms with Crippen molar-refractivity contribution in [3.8, 4) is 0 Å². The maximum atomic E-state index is 11.2. The number of amides is 1. The molecular weight excluding hydrogens is 249 g/mol. The van der Waals surface area contributed by atoms with E-state index in [9.17, 15) is 4.79 Å². The number of aryl methyl sites for hydroxylation is 1. The average molecular weight is 263 g/mol. The second-order valence-corrected chi connectivity index (χ2v) is 4.85. The van der Waals surface area contributed by atoms with Crippen LogP contribution in [0.2, 0.25) is 0 Å². The van der Waals surface area contributed by atoms with Crippen LogP contribution in [0, 0.1) is 0 Å². The molecule has 0 aliphatic rings. The van der Waals surface area contributed by atoms with E-state index in [-0.39, 0.29) is 5.91 Å². The van der Waals surface area contributed by atoms with Gasteiger partial charge in [-0.25, -0.2) is 4.98 Å². The summed E-state index contributed by atoms with van der Waals surface area (Å²) in [4.78, 5) is 15.4. The molecule has 0 fully saturated rings. The van der Waals surface area contributed by atoms with E-state index in [1.165, 1.54) is 11.8 Å². The summed E-state index contributed by atoms with van der Waals surface area (Å²) in [7, 11) is 0.458. The fraction of sp³-hybridized carbons (Fsp3) is 0.500. The fourth-order valence-corrected chi connectivity index (χ4v) is 2.52. The highest BCUT2D eigenvalue weighted by Crippen LogP contribution is 2.15. The molecule has 0 aliphatic heterocycles. The SMILES string of the molecule is CPNC(=O)CSc1nccn1CCS. The Kier molecular flexibility index (Phi) is 6.13. The van der Waals surface area contributed by atoms with Gasteiger partial charge in [0.2, 0.25) is 5.91 Å². The first-order valence-electron chi connectivity index (χ1n) is 4.48. The molecule has 0 radical (unpaired) electrons. The number of carbonyl (C=O) groups excluding carboxylic acids is 1. The van der Waals surface area contributed by atoms with E-state index in [1.54, 1.807) is 6.20 Å². The molecule has 1 heterocycles. The summed E-state index contributed by atoms with van der Waals surface area (Å²) in [5.41, 5.74) is 0. The lowest BCUT2D eigenvalue weighted by molar-refractivity contribution is -0.116. The van der Waals surface area contributed by atoms with Gasteiger partial charge in [0.1, 0.15) is 0 Å². The van der Waals surface area contributed by atoms with Crippen LogP contribution in [0.25, 0.3) is 0 Å². The molecule has 1 aromatic heterocycles. The molecular formula is C8H14N3OPS2. The van der Waals surface area contributed by atoms with Crippen LogP contribution in [0.15, 0.2) is 17.6 Å². The number of hydrogen-bond donors (Lipinski definition) is 2. The monoisotopic (exact) mass is 263 g/mol. The Labute approximate surface area is 101 Å². The molecule has 84 valence electrons. The number of nitrogens with one attached hydrogen (secondary N) is 1. The van der Waals surface area contributed by atoms with E-state index in [4.69, 9.17) is 0 Å². The van der Waals surface area contributed by atoms with Gasteiger partial charge < -0.3 is 9.65 Å². The molecule has 1 aromatic rings. The molecule has 4 nitrogen and oxygen atoms in total. The molecule has 0 spiro atoms. The molecule has 0 aliphatic carbocycles. The molecule has 1 rings (SSSR count). The zero-order valence-electron chi connectivity index (χ0n) is 8.43. The normalized spacial score (nSPS) is 11.1. The molecule has 0 aromatic carbocycles. The van der Waals surface area contributed by atoms with Crippen molar-refractivity contribution in [2.24, 2.45) is 0 Å². The molecule has 1 N–H and O–H groups in total. The lowest BCUT2D eigenvalue weighted by Gasteiger charge is -2.05. The van der Waals surface area contributed by atoms with Crippen molar-refractivity contribution in [1.29, 1.82) is 0 Å². The summed E-state index contributed by atoms with van der Waals surface area (Å²) < 4.78 is 2.00. The van der Waals surface area contributed by atoms with Crippen LogP contribution in [0.5, 0.6) is 0 Å². The van der Waals surface area contributed by atoms with Gasteiger partial charge in [0.15, 0.2) is 5.16 Å². The van der Waals surface area contributed by atoms with Gasteiger partial charge in [-0.3, -0.25) is 4.79 Å². The molecule has 15 heavy (non-hydrogen) atoms. The van der Waals surface area contributed by atoms with Gasteiger partial charge >= 0.3 is 0 Å². The van der Waals surface area contributed by atoms with Gasteiger partial charge in [-0.1, -0.05) is 11.8 Å². The lowest BCUT2D eigenvalue weighted by Crippen LogP contribution is -2.16. The Hall–Kier alpha value is -0.190. The van der Waals surface area contributed by atoms with Gasteiger partial charge in [0, 0.05) is 24.7 Å². The standard InChI is InChI=1S/C8H14N3OPS2/c1-13-10-7(12)6-15-8-9-2-3-11(8)4-5-14/h2-3,13-14H,4-6H2,1H3,(H,10,12). The second-order valence-electron chi connectivity index (χ2n) is 2.71. The first-order valence-corrected chi connectivity index (χ1v) is 7.60. The van der Waals surface area contributed by atoms with Crippen molar-refractivity contribution >= 4 is 39.0 Å². The Morgan fingerprint density at radius 2 is 2.60 bits per heavy atom. The molecule has 0 saturated heterocycles. The van der Waals surface area contributed by atoms with E-state index < -0.39 is 0 Å². The van der Waals surface area contributed by atoms with Crippen molar-refractivity contribution in [2.45, 2.75) is 11.7 Å². The van der Waals surface area contributed by atoms with Crippen molar-refractivity contribution < 1.29 is 4.79 Å². The minimum atomic E-state index is 0.0567. The molecule has 0 bridgehead atoms. The fourth-order valence-electron chi connectivity index (χ4n) is 1.02. The number of carbonyl (C=O) groups is 1. The zero-order valence-corrected chi connectivity index (χ0v) is 11.1. The van der Waals surface area contributed by atoms with E-state index in [1.807, 2.05) is 17.4 Å². The van der Waals surface area contributed by atoms with Gasteiger partial charge in [0.25, 0.3) is 0 Å². The Bertz CT molecular complexity index is 319. The largest absolute Gasteiger partial charge is 0.337 e. The summed E-state index contributed by atoms with van der Waals surface area (Å²) in [6.45, 7) is 2.76. The van der Waals surface area contributed by atoms with Crippen molar-refractivity contribution in [3.05, 3.63) is 12.4 Å². The first kappa shape index (κ1) is 12.9. The van der Waals surface area contributed by atoms with Crippen LogP contribution in [0.4, 0.5) is 0 Å². The summed E-state index contributed by atoms with van der Waals surface area (Å²) >= 11 is 5.61. The van der Waals surface area contributed by atoms with Gasteiger partial charge in [0.05, 0.1) is 5.75 Å². The van der Waals surface area contributed by atoms with Gasteiger partial charge in [-0.15, -0.1) is 0 Å². The maximum absolute atomic E-state index is 11.2. The lowest BCUT2D eigenvalue weighted by atomic mass is 10.7. The van der Waals surface area contributed by atoms with Crippen LogP contribution >= 0.6 is 33.1 Å². The number of thioether (sulfide) groups is 1. The van der Waals surface area contributed by atoms with E-state index >= 15 is 0 Å². The highest BCUT2D eigenvalue weighted by atomic mass is 32.2. The second kappa shape index (κ2) is 7.14. The third-order valence-corrected chi connectivity index (χ3v) is 3.35. The maximum Gasteiger partial charge on any atom is 0.233 e. The highest BCUT2D eigenvalue weighted by molar-refractivity contribution is 7.99. The van der Waals surface area contributed by atoms with E-state index in [2.05, 4.69) is 22.7 Å². The van der Waals surface area contributed by atoms with Gasteiger partial charge in [-0.05, 0) is 15.4 Å². The first-order chi connectivity index (χ1) is 7.27. The van der Waals surface area contributed by atoms with Crippen LogP contribution in [0.3, 0.4) is 0 Å². The zero-order chi connectivity index (χ0) is 11.1. The summed E-state index contributed by atoms with van der Waals surface area (Å²) in [6.07, 6.45) is 3.64. The van der Waals surface area contributed by atoms with Crippen LogP contribution in [-0.2, 0) is 11.3 Å². The van der Waals surface area contributed by atoms with E-state index in [0.29, 0.717) is 14.5 Å². The minimum absolute atomic E-state index is 0.0567. The minimum Gasteiger partial charge on any atom is -0.337 e. The number of aromatic nitrogens is 2. The average Bonchev–Trinajstić information content (AvgIpc) is 2.64. The number of hydrogen-bond acceptors (Lipinski definition) is 4. The van der Waals surface area contributed by atoms with Crippen molar-refractivity contribution in [2.75, 3.05) is 18.2 Å². The van der Waals surface area contributed by atoms with Crippen LogP contribution in [0.1, 0.15) is 0 Å². The Balaban J connectivity index is 2.42. The summed E-state index contributed by atoms with van der Waals surface area (Å²) in [6, 6.07) is 0. The predicted octanol–water partition coefficient (Wildman–Crippen LogP) is 1.24. The Morgan fingerprint density at radius 1 is 1.80 bits per heavy atom. The van der Waals surface area contributed by atoms with Crippen molar-refractivity contribution in [1.82, 2.24) is 14.6 Å². The van der Waals surface area contributed by atoms with Crippen LogP contribution in [-0.4, -0.2) is 33.6 Å². The molecule has 7 heteroatoms. The number of imidazole rings is 1. The quantitative estimate of drug-likeness (QED) is 0.461. The molecule has 1 amide bonds. The van der Waals surface area contributed by atoms with Gasteiger partial charge in [-0.2, -0.15) is 12.6 Å². The predicted molar refractivity (Wildman–Crippen MR) is 69.2 cm³/mol. The Morgan fingerprint density at radius 3 is 3.27 bits per heavy atom. The summed E-state index contributed by atoms with van der Waals surface area (Å²) in [5, 5.41) is 3.65. The van der Waals surface area contributed by atoms with Crippen molar-refractivity contribution in [3.63, 3.8) is 0 Å². The number of thiol groups is 1. The van der Waals surface area contributed by atoms with E-state index in [0.717, 1.165) is 17.5 Å². The third kappa shape index (κ3) is 4.45. The topological polar surface area (TPSA) is 46.9 Å². The smallest absolute Gasteiger partial charge is 0.233 e. The molecule has 0 saturated carbocycles. The highest BCUT2D eigenvalue weighted by Gasteiger charge is 2.06. The number of rotatable bonds is 6.